The molecule has 0 radical (unpaired) electrons. The van der Waals surface area contributed by atoms with Gasteiger partial charge in [0.05, 0.1) is 4.90 Å². The van der Waals surface area contributed by atoms with Crippen LogP contribution in [0.1, 0.15) is 51.4 Å². The lowest BCUT2D eigenvalue weighted by Gasteiger charge is -2.33. The number of amides is 1. The number of nitrogens with two attached hydrogens (primary N) is 1. The van der Waals surface area contributed by atoms with E-state index in [1.807, 2.05) is 38.7 Å². The largest absolute Gasteiger partial charge is 0.473 e. The molecule has 0 bridgehead atoms. The minimum atomic E-state index is -4.16. The molecule has 1 aliphatic rings. The number of allylic oxidation sites excluding steroid dienone is 1. The highest BCUT2D eigenvalue weighted by Gasteiger charge is 2.40. The van der Waals surface area contributed by atoms with E-state index in [9.17, 15) is 13.2 Å². The normalized spacial score (nSPS) is 17.8. The smallest absolute Gasteiger partial charge is 0.253 e. The number of hydrogen-bond donors (Lipinski definition) is 1. The topological polar surface area (TPSA) is 115 Å². The molecule has 0 aliphatic carbocycles. The SMILES string of the molecule is CC(C)=CCOc1cccc(S(=O)(=O)c2ccnc(N3CC(C)CC3(C)C)c2C(N)=O)n1. The first-order valence-electron chi connectivity index (χ1n) is 10.5. The Morgan fingerprint density at radius 1 is 1.31 bits per heavy atom. The summed E-state index contributed by atoms with van der Waals surface area (Å²) in [7, 11) is -4.16. The first-order chi connectivity index (χ1) is 14.9. The van der Waals surface area contributed by atoms with Crippen molar-refractivity contribution in [3.8, 4) is 5.88 Å². The van der Waals surface area contributed by atoms with E-state index in [-0.39, 0.29) is 39.3 Å². The van der Waals surface area contributed by atoms with E-state index in [0.717, 1.165) is 12.0 Å². The number of carbonyl (C=O) groups is 1. The number of aromatic nitrogens is 2. The Hall–Kier alpha value is -2.94. The van der Waals surface area contributed by atoms with Crippen molar-refractivity contribution >= 4 is 21.6 Å². The summed E-state index contributed by atoms with van der Waals surface area (Å²) in [6, 6.07) is 5.80. The van der Waals surface area contributed by atoms with Gasteiger partial charge < -0.3 is 15.4 Å². The van der Waals surface area contributed by atoms with Crippen molar-refractivity contribution in [2.24, 2.45) is 11.7 Å². The lowest BCUT2D eigenvalue weighted by Crippen LogP contribution is -2.40. The van der Waals surface area contributed by atoms with Gasteiger partial charge in [-0.3, -0.25) is 4.79 Å². The molecule has 0 saturated carbocycles. The zero-order valence-electron chi connectivity index (χ0n) is 19.1. The monoisotopic (exact) mass is 458 g/mol. The van der Waals surface area contributed by atoms with Crippen molar-refractivity contribution in [3.63, 3.8) is 0 Å². The van der Waals surface area contributed by atoms with Crippen molar-refractivity contribution in [1.82, 2.24) is 9.97 Å². The van der Waals surface area contributed by atoms with E-state index in [1.165, 1.54) is 18.3 Å². The third-order valence-electron chi connectivity index (χ3n) is 5.45. The van der Waals surface area contributed by atoms with E-state index in [2.05, 4.69) is 16.9 Å². The Morgan fingerprint density at radius 2 is 2.03 bits per heavy atom. The van der Waals surface area contributed by atoms with Crippen LogP contribution in [0, 0.1) is 5.92 Å². The van der Waals surface area contributed by atoms with Crippen LogP contribution in [0.5, 0.6) is 5.88 Å². The zero-order chi connectivity index (χ0) is 23.7. The van der Waals surface area contributed by atoms with Crippen LogP contribution in [0.4, 0.5) is 5.82 Å². The number of anilines is 1. The standard InChI is InChI=1S/C23H30N4O4S/c1-15(2)10-12-31-18-7-6-8-19(26-18)32(29,30)17-9-11-25-22(20(17)21(24)28)27-14-16(3)13-23(27,4)5/h6-11,16H,12-14H2,1-5H3,(H2,24,28). The molecular formula is C23H30N4O4S. The maximum absolute atomic E-state index is 13.5. The quantitative estimate of drug-likeness (QED) is 0.632. The molecule has 32 heavy (non-hydrogen) atoms. The van der Waals surface area contributed by atoms with Gasteiger partial charge in [0.1, 0.15) is 18.0 Å². The number of ether oxygens (including phenoxy) is 1. The highest BCUT2D eigenvalue weighted by Crippen LogP contribution is 2.39. The Balaban J connectivity index is 2.08. The Morgan fingerprint density at radius 3 is 2.62 bits per heavy atom. The first-order valence-corrected chi connectivity index (χ1v) is 12.0. The van der Waals surface area contributed by atoms with E-state index < -0.39 is 15.7 Å². The van der Waals surface area contributed by atoms with Crippen LogP contribution in [-0.4, -0.2) is 43.0 Å². The maximum atomic E-state index is 13.5. The molecule has 0 aromatic carbocycles. The Kier molecular flexibility index (Phi) is 6.59. The molecule has 0 spiro atoms. The van der Waals surface area contributed by atoms with Crippen LogP contribution in [0.3, 0.4) is 0 Å². The highest BCUT2D eigenvalue weighted by molar-refractivity contribution is 7.91. The molecule has 1 unspecified atom stereocenters. The molecule has 2 aromatic heterocycles. The van der Waals surface area contributed by atoms with Gasteiger partial charge >= 0.3 is 0 Å². The molecule has 1 saturated heterocycles. The number of primary amides is 1. The number of rotatable bonds is 7. The average Bonchev–Trinajstić information content (AvgIpc) is 2.99. The van der Waals surface area contributed by atoms with Crippen LogP contribution in [0.15, 0.2) is 52.0 Å². The number of nitrogens with zero attached hydrogens (tertiary/aromatic N) is 3. The summed E-state index contributed by atoms with van der Waals surface area (Å²) in [4.78, 5) is 22.8. The van der Waals surface area contributed by atoms with Crippen LogP contribution in [-0.2, 0) is 9.84 Å². The third-order valence-corrected chi connectivity index (χ3v) is 7.15. The molecule has 2 N–H and O–H groups in total. The Bertz CT molecular complexity index is 1150. The number of pyridine rings is 2. The minimum Gasteiger partial charge on any atom is -0.473 e. The summed E-state index contributed by atoms with van der Waals surface area (Å²) in [5.74, 6) is -0.0287. The fourth-order valence-corrected chi connectivity index (χ4v) is 5.48. The average molecular weight is 459 g/mol. The molecule has 1 atom stereocenters. The summed E-state index contributed by atoms with van der Waals surface area (Å²) < 4.78 is 32.6. The van der Waals surface area contributed by atoms with Crippen LogP contribution >= 0.6 is 0 Å². The van der Waals surface area contributed by atoms with Gasteiger partial charge in [-0.1, -0.05) is 18.6 Å². The van der Waals surface area contributed by atoms with Gasteiger partial charge in [0.2, 0.25) is 15.7 Å². The molecule has 172 valence electrons. The van der Waals surface area contributed by atoms with Crippen molar-refractivity contribution in [3.05, 3.63) is 47.7 Å². The fourth-order valence-electron chi connectivity index (χ4n) is 4.09. The summed E-state index contributed by atoms with van der Waals surface area (Å²) in [6.07, 6.45) is 4.14. The predicted molar refractivity (Wildman–Crippen MR) is 123 cm³/mol. The van der Waals surface area contributed by atoms with Crippen LogP contribution < -0.4 is 15.4 Å². The second-order valence-electron chi connectivity index (χ2n) is 9.01. The summed E-state index contributed by atoms with van der Waals surface area (Å²) >= 11 is 0. The lowest BCUT2D eigenvalue weighted by atomic mass is 9.97. The van der Waals surface area contributed by atoms with Crippen molar-refractivity contribution in [2.45, 2.75) is 56.5 Å². The van der Waals surface area contributed by atoms with E-state index in [1.54, 1.807) is 12.1 Å². The van der Waals surface area contributed by atoms with Crippen LogP contribution in [0.25, 0.3) is 0 Å². The molecule has 9 heteroatoms. The second-order valence-corrected chi connectivity index (χ2v) is 10.9. The van der Waals surface area contributed by atoms with Gasteiger partial charge in [-0.25, -0.2) is 18.4 Å². The maximum Gasteiger partial charge on any atom is 0.253 e. The van der Waals surface area contributed by atoms with Gasteiger partial charge in [0.25, 0.3) is 5.91 Å². The van der Waals surface area contributed by atoms with Gasteiger partial charge in [-0.15, -0.1) is 0 Å². The molecule has 3 rings (SSSR count). The Labute approximate surface area is 189 Å². The van der Waals surface area contributed by atoms with Gasteiger partial charge in [0.15, 0.2) is 5.03 Å². The fraction of sp³-hybridized carbons (Fsp3) is 0.435. The number of hydrogen-bond acceptors (Lipinski definition) is 7. The van der Waals surface area contributed by atoms with Gasteiger partial charge in [0, 0.05) is 24.3 Å². The molecule has 8 nitrogen and oxygen atoms in total. The third kappa shape index (κ3) is 4.77. The number of carbonyl (C=O) groups excluding carboxylic acids is 1. The van der Waals surface area contributed by atoms with E-state index in [4.69, 9.17) is 10.5 Å². The molecule has 3 heterocycles. The molecule has 1 fully saturated rings. The molecule has 1 aliphatic heterocycles. The molecule has 1 amide bonds. The zero-order valence-corrected chi connectivity index (χ0v) is 19.9. The number of sulfone groups is 1. The van der Waals surface area contributed by atoms with Crippen LogP contribution in [0.2, 0.25) is 0 Å². The highest BCUT2D eigenvalue weighted by atomic mass is 32.2. The summed E-state index contributed by atoms with van der Waals surface area (Å²) in [5, 5.41) is -0.221. The second kappa shape index (κ2) is 8.90. The van der Waals surface area contributed by atoms with Crippen molar-refractivity contribution in [1.29, 1.82) is 0 Å². The molecular weight excluding hydrogens is 428 g/mol. The van der Waals surface area contributed by atoms with E-state index in [0.29, 0.717) is 12.5 Å². The van der Waals surface area contributed by atoms with Crippen molar-refractivity contribution in [2.75, 3.05) is 18.1 Å². The van der Waals surface area contributed by atoms with Crippen molar-refractivity contribution < 1.29 is 17.9 Å². The van der Waals surface area contributed by atoms with E-state index >= 15 is 0 Å². The predicted octanol–water partition coefficient (Wildman–Crippen LogP) is 3.38. The molecule has 2 aromatic rings. The first kappa shape index (κ1) is 23.7. The lowest BCUT2D eigenvalue weighted by molar-refractivity contribution is 0.0997. The summed E-state index contributed by atoms with van der Waals surface area (Å²) in [6.45, 7) is 11.0. The summed E-state index contributed by atoms with van der Waals surface area (Å²) in [5.41, 5.74) is 6.34. The van der Waals surface area contributed by atoms with Gasteiger partial charge in [-0.05, 0) is 58.2 Å². The van der Waals surface area contributed by atoms with Gasteiger partial charge in [-0.2, -0.15) is 0 Å². The minimum absolute atomic E-state index is 0.118.